The van der Waals surface area contributed by atoms with Crippen molar-refractivity contribution in [3.8, 4) is 0 Å². The minimum Gasteiger partial charge on any atom is -0.481 e. The number of carboxylic acid groups (broad SMARTS) is 1. The number of rotatable bonds is 4. The van der Waals surface area contributed by atoms with E-state index in [1.165, 1.54) is 0 Å². The van der Waals surface area contributed by atoms with Crippen LogP contribution in [-0.2, 0) is 4.79 Å². The zero-order valence-corrected chi connectivity index (χ0v) is 11.5. The molecule has 0 saturated carbocycles. The molecule has 0 radical (unpaired) electrons. The Hall–Kier alpha value is -1.54. The Bertz CT molecular complexity index is 468. The van der Waals surface area contributed by atoms with Gasteiger partial charge in [0.25, 0.3) is 5.91 Å². The topological polar surface area (TPSA) is 86.6 Å². The maximum Gasteiger partial charge on any atom is 0.304 e. The molecule has 1 aliphatic heterocycles. The van der Waals surface area contributed by atoms with Gasteiger partial charge < -0.3 is 10.0 Å². The molecular formula is C11H16N4O3S. The van der Waals surface area contributed by atoms with Gasteiger partial charge in [0.2, 0.25) is 0 Å². The van der Waals surface area contributed by atoms with Gasteiger partial charge in [0, 0.05) is 32.7 Å². The van der Waals surface area contributed by atoms with Crippen molar-refractivity contribution in [3.05, 3.63) is 10.6 Å². The molecule has 0 aromatic carbocycles. The lowest BCUT2D eigenvalue weighted by molar-refractivity contribution is -0.137. The Morgan fingerprint density at radius 1 is 1.32 bits per heavy atom. The van der Waals surface area contributed by atoms with Crippen LogP contribution in [0.3, 0.4) is 0 Å². The highest BCUT2D eigenvalue weighted by Crippen LogP contribution is 2.14. The first-order valence-corrected chi connectivity index (χ1v) is 6.87. The molecule has 1 amide bonds. The van der Waals surface area contributed by atoms with E-state index < -0.39 is 5.97 Å². The normalized spacial score (nSPS) is 16.6. The Labute approximate surface area is 115 Å². The fourth-order valence-electron chi connectivity index (χ4n) is 2.00. The maximum atomic E-state index is 12.2. The zero-order valence-electron chi connectivity index (χ0n) is 10.7. The lowest BCUT2D eigenvalue weighted by atomic mass is 10.2. The number of carboxylic acids is 1. The zero-order chi connectivity index (χ0) is 13.8. The number of aliphatic carboxylic acids is 1. The number of piperazine rings is 1. The number of aryl methyl sites for hydroxylation is 1. The average molecular weight is 284 g/mol. The summed E-state index contributed by atoms with van der Waals surface area (Å²) in [5, 5.41) is 12.5. The summed E-state index contributed by atoms with van der Waals surface area (Å²) in [4.78, 5) is 27.1. The van der Waals surface area contributed by atoms with E-state index in [9.17, 15) is 9.59 Å². The molecule has 8 heteroatoms. The highest BCUT2D eigenvalue weighted by atomic mass is 32.1. The van der Waals surface area contributed by atoms with Crippen LogP contribution >= 0.6 is 11.5 Å². The standard InChI is InChI=1S/C11H16N4O3S/c1-8-10(19-13-12-8)11(18)15-6-4-14(5-7-15)3-2-9(16)17/h2-7H2,1H3,(H,16,17). The quantitative estimate of drug-likeness (QED) is 0.842. The minimum atomic E-state index is -0.787. The molecule has 19 heavy (non-hydrogen) atoms. The van der Waals surface area contributed by atoms with Crippen LogP contribution in [0.25, 0.3) is 0 Å². The van der Waals surface area contributed by atoms with Crippen molar-refractivity contribution in [1.82, 2.24) is 19.4 Å². The fraction of sp³-hybridized carbons (Fsp3) is 0.636. The minimum absolute atomic E-state index is 0.0228. The van der Waals surface area contributed by atoms with Gasteiger partial charge in [-0.1, -0.05) is 4.49 Å². The van der Waals surface area contributed by atoms with Gasteiger partial charge in [0.15, 0.2) is 0 Å². The van der Waals surface area contributed by atoms with E-state index in [4.69, 9.17) is 5.11 Å². The first kappa shape index (κ1) is 13.9. The van der Waals surface area contributed by atoms with Crippen LogP contribution in [0.5, 0.6) is 0 Å². The Balaban J connectivity index is 1.85. The predicted molar refractivity (Wildman–Crippen MR) is 69.2 cm³/mol. The molecule has 1 N–H and O–H groups in total. The Morgan fingerprint density at radius 2 is 2.00 bits per heavy atom. The fourth-order valence-corrected chi connectivity index (χ4v) is 2.62. The van der Waals surface area contributed by atoms with E-state index in [2.05, 4.69) is 14.5 Å². The molecule has 0 atom stereocenters. The molecule has 7 nitrogen and oxygen atoms in total. The molecule has 104 valence electrons. The van der Waals surface area contributed by atoms with Gasteiger partial charge in [-0.3, -0.25) is 14.5 Å². The number of aromatic nitrogens is 2. The van der Waals surface area contributed by atoms with E-state index >= 15 is 0 Å². The number of carbonyl (C=O) groups excluding carboxylic acids is 1. The lowest BCUT2D eigenvalue weighted by Gasteiger charge is -2.34. The molecule has 2 rings (SSSR count). The maximum absolute atomic E-state index is 12.2. The Morgan fingerprint density at radius 3 is 2.53 bits per heavy atom. The van der Waals surface area contributed by atoms with Crippen LogP contribution in [0.1, 0.15) is 21.8 Å². The van der Waals surface area contributed by atoms with Gasteiger partial charge in [0.1, 0.15) is 4.88 Å². The molecule has 0 spiro atoms. The third kappa shape index (κ3) is 3.48. The average Bonchev–Trinajstić information content (AvgIpc) is 2.82. The van der Waals surface area contributed by atoms with Gasteiger partial charge in [0.05, 0.1) is 12.1 Å². The summed E-state index contributed by atoms with van der Waals surface area (Å²) >= 11 is 1.12. The van der Waals surface area contributed by atoms with Gasteiger partial charge in [-0.25, -0.2) is 0 Å². The van der Waals surface area contributed by atoms with E-state index in [1.54, 1.807) is 11.8 Å². The van der Waals surface area contributed by atoms with Crippen molar-refractivity contribution in [2.75, 3.05) is 32.7 Å². The third-order valence-corrected chi connectivity index (χ3v) is 3.96. The van der Waals surface area contributed by atoms with Gasteiger partial charge in [-0.2, -0.15) is 0 Å². The summed E-state index contributed by atoms with van der Waals surface area (Å²) in [5.41, 5.74) is 0.670. The Kier molecular flexibility index (Phi) is 4.43. The molecule has 1 aliphatic rings. The van der Waals surface area contributed by atoms with Crippen molar-refractivity contribution in [2.45, 2.75) is 13.3 Å². The van der Waals surface area contributed by atoms with Crippen LogP contribution in [0.15, 0.2) is 0 Å². The molecule has 0 unspecified atom stereocenters. The van der Waals surface area contributed by atoms with Gasteiger partial charge in [-0.05, 0) is 18.5 Å². The van der Waals surface area contributed by atoms with Crippen molar-refractivity contribution in [3.63, 3.8) is 0 Å². The molecule has 0 bridgehead atoms. The van der Waals surface area contributed by atoms with Crippen molar-refractivity contribution < 1.29 is 14.7 Å². The molecule has 1 aromatic rings. The van der Waals surface area contributed by atoms with Crippen molar-refractivity contribution in [2.24, 2.45) is 0 Å². The summed E-state index contributed by atoms with van der Waals surface area (Å²) in [7, 11) is 0. The van der Waals surface area contributed by atoms with Crippen LogP contribution in [0.4, 0.5) is 0 Å². The highest BCUT2D eigenvalue weighted by Gasteiger charge is 2.24. The third-order valence-electron chi connectivity index (χ3n) is 3.15. The van der Waals surface area contributed by atoms with E-state index in [1.807, 2.05) is 0 Å². The number of hydrogen-bond acceptors (Lipinski definition) is 6. The molecule has 1 aromatic heterocycles. The smallest absolute Gasteiger partial charge is 0.304 e. The second-order valence-corrected chi connectivity index (χ2v) is 5.22. The predicted octanol–water partition coefficient (Wildman–Crippen LogP) is 0.0790. The first-order valence-electron chi connectivity index (χ1n) is 6.10. The highest BCUT2D eigenvalue weighted by molar-refractivity contribution is 7.07. The van der Waals surface area contributed by atoms with E-state index in [-0.39, 0.29) is 12.3 Å². The van der Waals surface area contributed by atoms with Crippen molar-refractivity contribution >= 4 is 23.4 Å². The number of carbonyl (C=O) groups is 2. The second kappa shape index (κ2) is 6.07. The SMILES string of the molecule is Cc1nnsc1C(=O)N1CCN(CCC(=O)O)CC1. The van der Waals surface area contributed by atoms with Crippen molar-refractivity contribution in [1.29, 1.82) is 0 Å². The molecular weight excluding hydrogens is 268 g/mol. The van der Waals surface area contributed by atoms with Crippen LogP contribution in [0, 0.1) is 6.92 Å². The van der Waals surface area contributed by atoms with Gasteiger partial charge in [-0.15, -0.1) is 5.10 Å². The number of hydrogen-bond donors (Lipinski definition) is 1. The number of nitrogens with zero attached hydrogens (tertiary/aromatic N) is 4. The van der Waals surface area contributed by atoms with Gasteiger partial charge >= 0.3 is 5.97 Å². The molecule has 0 aliphatic carbocycles. The van der Waals surface area contributed by atoms with E-state index in [0.29, 0.717) is 43.3 Å². The molecule has 2 heterocycles. The van der Waals surface area contributed by atoms with E-state index in [0.717, 1.165) is 11.5 Å². The lowest BCUT2D eigenvalue weighted by Crippen LogP contribution is -2.49. The largest absolute Gasteiger partial charge is 0.481 e. The molecule has 1 saturated heterocycles. The summed E-state index contributed by atoms with van der Waals surface area (Å²) in [6.07, 6.45) is 0.145. The summed E-state index contributed by atoms with van der Waals surface area (Å²) in [6, 6.07) is 0. The summed E-state index contributed by atoms with van der Waals surface area (Å²) < 4.78 is 3.77. The van der Waals surface area contributed by atoms with Crippen LogP contribution in [-0.4, -0.2) is 69.1 Å². The number of amides is 1. The van der Waals surface area contributed by atoms with Crippen LogP contribution in [0.2, 0.25) is 0 Å². The first-order chi connectivity index (χ1) is 9.08. The summed E-state index contributed by atoms with van der Waals surface area (Å²) in [5.74, 6) is -0.810. The monoisotopic (exact) mass is 284 g/mol. The van der Waals surface area contributed by atoms with Crippen LogP contribution < -0.4 is 0 Å². The summed E-state index contributed by atoms with van der Waals surface area (Å²) in [6.45, 7) is 4.98. The molecule has 1 fully saturated rings. The second-order valence-electron chi connectivity index (χ2n) is 4.47.